The number of anilines is 2. The largest absolute Gasteiger partial charge is 0.384 e. The first-order chi connectivity index (χ1) is 18.0. The highest BCUT2D eigenvalue weighted by Gasteiger charge is 2.37. The lowest BCUT2D eigenvalue weighted by atomic mass is 9.67. The second kappa shape index (κ2) is 12.4. The Morgan fingerprint density at radius 3 is 2.66 bits per heavy atom. The number of amides is 1. The molecule has 7 nitrogen and oxygen atoms in total. The highest BCUT2D eigenvalue weighted by atomic mass is 16.3. The van der Waals surface area contributed by atoms with Crippen LogP contribution < -0.4 is 9.80 Å². The Bertz CT molecular complexity index is 1190. The molecule has 38 heavy (non-hydrogen) atoms. The summed E-state index contributed by atoms with van der Waals surface area (Å²) in [5.74, 6) is 0.742. The Kier molecular flexibility index (Phi) is 9.45. The molecule has 3 rings (SSSR count). The molecule has 202 valence electrons. The summed E-state index contributed by atoms with van der Waals surface area (Å²) in [6, 6.07) is 8.09. The van der Waals surface area contributed by atoms with E-state index < -0.39 is 5.60 Å². The van der Waals surface area contributed by atoms with Crippen molar-refractivity contribution in [1.29, 1.82) is 5.26 Å². The number of hydrogen-bond donors (Lipinski definition) is 1. The molecular weight excluding hydrogens is 474 g/mol. The molecule has 0 aliphatic heterocycles. The number of nitrogens with zero attached hydrogens (tertiary/aromatic N) is 5. The van der Waals surface area contributed by atoms with Gasteiger partial charge in [0.15, 0.2) is 5.82 Å². The highest BCUT2D eigenvalue weighted by molar-refractivity contribution is 5.72. The molecule has 1 aromatic carbocycles. The molecule has 1 aliphatic rings. The van der Waals surface area contributed by atoms with E-state index in [1.165, 1.54) is 11.8 Å². The normalized spacial score (nSPS) is 19.8. The average molecular weight is 516 g/mol. The average Bonchev–Trinajstić information content (AvgIpc) is 2.89. The first kappa shape index (κ1) is 29.1. The summed E-state index contributed by atoms with van der Waals surface area (Å²) >= 11 is 0. The highest BCUT2D eigenvalue weighted by Crippen LogP contribution is 2.44. The number of nitriles is 1. The van der Waals surface area contributed by atoms with Crippen molar-refractivity contribution >= 4 is 17.9 Å². The molecule has 1 saturated carbocycles. The molecule has 0 spiro atoms. The van der Waals surface area contributed by atoms with Gasteiger partial charge in [-0.3, -0.25) is 14.7 Å². The zero-order chi connectivity index (χ0) is 27.9. The van der Waals surface area contributed by atoms with Crippen molar-refractivity contribution in [2.45, 2.75) is 72.3 Å². The van der Waals surface area contributed by atoms with E-state index in [-0.39, 0.29) is 11.3 Å². The number of benzene rings is 1. The molecule has 1 fully saturated rings. The van der Waals surface area contributed by atoms with Crippen LogP contribution in [0.15, 0.2) is 55.0 Å². The van der Waals surface area contributed by atoms with Crippen LogP contribution in [-0.2, 0) is 10.4 Å². The summed E-state index contributed by atoms with van der Waals surface area (Å²) in [6.45, 7) is 15.5. The number of aryl methyl sites for hydroxylation is 1. The molecule has 1 unspecified atom stereocenters. The van der Waals surface area contributed by atoms with Crippen molar-refractivity contribution in [2.75, 3.05) is 22.9 Å². The quantitative estimate of drug-likeness (QED) is 0.290. The number of allylic oxidation sites excluding steroid dienone is 1. The van der Waals surface area contributed by atoms with Crippen LogP contribution in [0, 0.1) is 29.6 Å². The van der Waals surface area contributed by atoms with Gasteiger partial charge in [-0.2, -0.15) is 5.26 Å². The minimum atomic E-state index is -1.09. The fourth-order valence-corrected chi connectivity index (χ4v) is 5.10. The van der Waals surface area contributed by atoms with Crippen molar-refractivity contribution in [3.8, 4) is 6.07 Å². The third-order valence-corrected chi connectivity index (χ3v) is 7.50. The van der Waals surface area contributed by atoms with Crippen LogP contribution in [0.25, 0.3) is 0 Å². The van der Waals surface area contributed by atoms with E-state index in [0.717, 1.165) is 56.3 Å². The Morgan fingerprint density at radius 2 is 2.05 bits per heavy atom. The van der Waals surface area contributed by atoms with E-state index in [9.17, 15) is 15.2 Å². The molecule has 2 atom stereocenters. The number of carbonyl (C=O) groups excluding carboxylic acids is 1. The van der Waals surface area contributed by atoms with Gasteiger partial charge in [0.05, 0.1) is 29.7 Å². The number of rotatable bonds is 11. The molecule has 1 aromatic heterocycles. The molecular formula is C31H41N5O2. The topological polar surface area (TPSA) is 93.3 Å². The summed E-state index contributed by atoms with van der Waals surface area (Å²) in [7, 11) is 0. The van der Waals surface area contributed by atoms with Crippen molar-refractivity contribution in [3.05, 3.63) is 71.8 Å². The Morgan fingerprint density at radius 1 is 1.29 bits per heavy atom. The molecule has 0 radical (unpaired) electrons. The maximum atomic E-state index is 12.0. The number of aliphatic hydroxyl groups is 1. The summed E-state index contributed by atoms with van der Waals surface area (Å²) in [4.78, 5) is 24.6. The van der Waals surface area contributed by atoms with Crippen molar-refractivity contribution in [1.82, 2.24) is 9.97 Å². The molecule has 1 amide bonds. The van der Waals surface area contributed by atoms with E-state index in [2.05, 4.69) is 60.6 Å². The molecule has 0 saturated heterocycles. The predicted molar refractivity (Wildman–Crippen MR) is 153 cm³/mol. The maximum absolute atomic E-state index is 12.0. The molecule has 0 bridgehead atoms. The lowest BCUT2D eigenvalue weighted by Crippen LogP contribution is -2.41. The lowest BCUT2D eigenvalue weighted by molar-refractivity contribution is -0.107. The Hall–Kier alpha value is -3.50. The number of hydrogen-bond acceptors (Lipinski definition) is 6. The van der Waals surface area contributed by atoms with Crippen molar-refractivity contribution in [3.63, 3.8) is 0 Å². The van der Waals surface area contributed by atoms with Gasteiger partial charge in [0.25, 0.3) is 0 Å². The van der Waals surface area contributed by atoms with Gasteiger partial charge in [-0.05, 0) is 70.1 Å². The van der Waals surface area contributed by atoms with Gasteiger partial charge in [0.2, 0.25) is 6.41 Å². The van der Waals surface area contributed by atoms with Crippen LogP contribution in [-0.4, -0.2) is 34.6 Å². The van der Waals surface area contributed by atoms with E-state index in [4.69, 9.17) is 0 Å². The van der Waals surface area contributed by atoms with E-state index in [0.29, 0.717) is 23.6 Å². The number of unbranched alkanes of at least 4 members (excludes halogenated alkanes) is 1. The predicted octanol–water partition coefficient (Wildman–Crippen LogP) is 6.03. The van der Waals surface area contributed by atoms with Crippen LogP contribution in [0.5, 0.6) is 0 Å². The van der Waals surface area contributed by atoms with Gasteiger partial charge in [-0.15, -0.1) is 0 Å². The van der Waals surface area contributed by atoms with Crippen LogP contribution in [0.2, 0.25) is 0 Å². The molecule has 7 heteroatoms. The fourth-order valence-electron chi connectivity index (χ4n) is 5.10. The summed E-state index contributed by atoms with van der Waals surface area (Å²) < 4.78 is 0. The number of carbonyl (C=O) groups is 1. The zero-order valence-electron chi connectivity index (χ0n) is 23.4. The third-order valence-electron chi connectivity index (χ3n) is 7.50. The van der Waals surface area contributed by atoms with Gasteiger partial charge in [0, 0.05) is 30.4 Å². The standard InChI is InChI=1S/C31H41N5O2/c1-7-8-9-14-35(27-15-25(17-32)12-10-23(27)2)21-31(6)16-26(13-11-24(31)3)20-36(22-37)29-19-33-28(18-34-29)30(4,5)38/h9-10,12,14-15,18-19,22,26,38H,3,7-8,11,13,16,20-21H2,1-2,4-6H3/b14-9+/t26?,31-/m0/s1. The van der Waals surface area contributed by atoms with E-state index in [1.807, 2.05) is 18.2 Å². The van der Waals surface area contributed by atoms with Gasteiger partial charge in [-0.1, -0.05) is 44.6 Å². The summed E-state index contributed by atoms with van der Waals surface area (Å²) in [5, 5.41) is 19.7. The van der Waals surface area contributed by atoms with Crippen LogP contribution in [0.1, 0.15) is 76.6 Å². The maximum Gasteiger partial charge on any atom is 0.215 e. The number of aromatic nitrogens is 2. The minimum absolute atomic E-state index is 0.181. The minimum Gasteiger partial charge on any atom is -0.384 e. The first-order valence-electron chi connectivity index (χ1n) is 13.4. The van der Waals surface area contributed by atoms with Gasteiger partial charge in [-0.25, -0.2) is 4.98 Å². The summed E-state index contributed by atoms with van der Waals surface area (Å²) in [5.41, 5.74) is 3.19. The second-order valence-corrected chi connectivity index (χ2v) is 11.3. The SMILES string of the molecule is C=C1CCC(CN(C=O)c2cnc(C(C)(C)O)cn2)C[C@@]1(C)CN(/C=C/CCC)c1cc(C#N)ccc1C. The smallest absolute Gasteiger partial charge is 0.215 e. The first-order valence-corrected chi connectivity index (χ1v) is 13.4. The van der Waals surface area contributed by atoms with Crippen molar-refractivity contribution < 1.29 is 9.90 Å². The Balaban J connectivity index is 1.82. The molecule has 1 aliphatic carbocycles. The lowest BCUT2D eigenvalue weighted by Gasteiger charge is -2.44. The van der Waals surface area contributed by atoms with E-state index in [1.54, 1.807) is 24.9 Å². The summed E-state index contributed by atoms with van der Waals surface area (Å²) in [6.07, 6.45) is 13.0. The van der Waals surface area contributed by atoms with E-state index >= 15 is 0 Å². The van der Waals surface area contributed by atoms with Gasteiger partial charge < -0.3 is 10.0 Å². The van der Waals surface area contributed by atoms with Crippen LogP contribution >= 0.6 is 0 Å². The fraction of sp³-hybridized carbons (Fsp3) is 0.484. The monoisotopic (exact) mass is 515 g/mol. The third kappa shape index (κ3) is 7.08. The molecule has 1 heterocycles. The second-order valence-electron chi connectivity index (χ2n) is 11.3. The van der Waals surface area contributed by atoms with Gasteiger partial charge >= 0.3 is 0 Å². The van der Waals surface area contributed by atoms with Gasteiger partial charge in [0.1, 0.15) is 5.60 Å². The zero-order valence-corrected chi connectivity index (χ0v) is 23.4. The molecule has 2 aromatic rings. The van der Waals surface area contributed by atoms with Crippen LogP contribution in [0.4, 0.5) is 11.5 Å². The van der Waals surface area contributed by atoms with Crippen molar-refractivity contribution in [2.24, 2.45) is 11.3 Å². The van der Waals surface area contributed by atoms with Crippen LogP contribution in [0.3, 0.4) is 0 Å². The Labute approximate surface area is 227 Å². The molecule has 1 N–H and O–H groups in total.